The van der Waals surface area contributed by atoms with Crippen molar-refractivity contribution < 1.29 is 14.3 Å². The Kier molecular flexibility index (Phi) is 3.37. The summed E-state index contributed by atoms with van der Waals surface area (Å²) in [5, 5.41) is 8.40. The van der Waals surface area contributed by atoms with E-state index in [1.54, 1.807) is 12.1 Å². The van der Waals surface area contributed by atoms with E-state index >= 15 is 0 Å². The normalized spacial score (nSPS) is 9.92. The Bertz CT molecular complexity index is 301. The molecule has 0 atom stereocenters. The molecule has 1 heterocycles. The standard InChI is InChI=1S/C9H10FNO2/c10-6-7-3-4-11-8(5-7)1-2-9(12)13/h3-5H,1-2,6H2,(H,12,13). The van der Waals surface area contributed by atoms with Crippen LogP contribution in [0.2, 0.25) is 0 Å². The molecule has 4 heteroatoms. The molecule has 0 spiro atoms. The molecule has 3 nitrogen and oxygen atoms in total. The Morgan fingerprint density at radius 2 is 2.38 bits per heavy atom. The van der Waals surface area contributed by atoms with Gasteiger partial charge in [0.15, 0.2) is 0 Å². The zero-order chi connectivity index (χ0) is 9.68. The smallest absolute Gasteiger partial charge is 0.303 e. The summed E-state index contributed by atoms with van der Waals surface area (Å²) in [6.45, 7) is -0.539. The molecule has 70 valence electrons. The minimum atomic E-state index is -0.868. The van der Waals surface area contributed by atoms with E-state index in [4.69, 9.17) is 5.11 Å². The highest BCUT2D eigenvalue weighted by Crippen LogP contribution is 2.05. The fourth-order valence-corrected chi connectivity index (χ4v) is 0.983. The van der Waals surface area contributed by atoms with Crippen molar-refractivity contribution in [1.29, 1.82) is 0 Å². The summed E-state index contributed by atoms with van der Waals surface area (Å²) in [5.74, 6) is -0.868. The highest BCUT2D eigenvalue weighted by Gasteiger charge is 2.01. The van der Waals surface area contributed by atoms with Gasteiger partial charge in [-0.15, -0.1) is 0 Å². The molecule has 0 unspecified atom stereocenters. The first-order valence-corrected chi connectivity index (χ1v) is 3.94. The van der Waals surface area contributed by atoms with Gasteiger partial charge >= 0.3 is 5.97 Å². The maximum atomic E-state index is 12.2. The van der Waals surface area contributed by atoms with Gasteiger partial charge in [-0.25, -0.2) is 4.39 Å². The minimum Gasteiger partial charge on any atom is -0.481 e. The monoisotopic (exact) mass is 183 g/mol. The van der Waals surface area contributed by atoms with Gasteiger partial charge in [0.05, 0.1) is 6.42 Å². The van der Waals surface area contributed by atoms with Gasteiger partial charge in [-0.1, -0.05) is 0 Å². The number of halogens is 1. The maximum absolute atomic E-state index is 12.2. The van der Waals surface area contributed by atoms with Crippen molar-refractivity contribution in [3.8, 4) is 0 Å². The molecule has 0 saturated heterocycles. The molecule has 0 aliphatic rings. The van der Waals surface area contributed by atoms with E-state index in [0.717, 1.165) is 0 Å². The van der Waals surface area contributed by atoms with Crippen LogP contribution in [0.25, 0.3) is 0 Å². The molecule has 1 aromatic rings. The summed E-state index contributed by atoms with van der Waals surface area (Å²) in [6, 6.07) is 3.16. The second kappa shape index (κ2) is 4.54. The third kappa shape index (κ3) is 3.19. The number of carbonyl (C=O) groups is 1. The highest BCUT2D eigenvalue weighted by atomic mass is 19.1. The lowest BCUT2D eigenvalue weighted by Gasteiger charge is -1.99. The van der Waals surface area contributed by atoms with Crippen molar-refractivity contribution in [3.05, 3.63) is 29.6 Å². The summed E-state index contributed by atoms with van der Waals surface area (Å²) in [5.41, 5.74) is 1.16. The van der Waals surface area contributed by atoms with Crippen LogP contribution in [-0.4, -0.2) is 16.1 Å². The summed E-state index contributed by atoms with van der Waals surface area (Å²) in [4.78, 5) is 14.2. The second-order valence-corrected chi connectivity index (χ2v) is 2.68. The van der Waals surface area contributed by atoms with Crippen LogP contribution in [0.5, 0.6) is 0 Å². The van der Waals surface area contributed by atoms with Crippen LogP contribution in [0.15, 0.2) is 18.3 Å². The van der Waals surface area contributed by atoms with Crippen LogP contribution in [-0.2, 0) is 17.9 Å². The number of alkyl halides is 1. The number of carboxylic acids is 1. The number of carboxylic acid groups (broad SMARTS) is 1. The van der Waals surface area contributed by atoms with Crippen LogP contribution in [0.1, 0.15) is 17.7 Å². The van der Waals surface area contributed by atoms with Crippen molar-refractivity contribution >= 4 is 5.97 Å². The SMILES string of the molecule is O=C(O)CCc1cc(CF)ccn1. The van der Waals surface area contributed by atoms with Crippen LogP contribution in [0.3, 0.4) is 0 Å². The fraction of sp³-hybridized carbons (Fsp3) is 0.333. The van der Waals surface area contributed by atoms with Crippen LogP contribution in [0, 0.1) is 0 Å². The van der Waals surface area contributed by atoms with Crippen LogP contribution >= 0.6 is 0 Å². The van der Waals surface area contributed by atoms with Gasteiger partial charge in [-0.3, -0.25) is 9.78 Å². The van der Waals surface area contributed by atoms with Gasteiger partial charge in [0.2, 0.25) is 0 Å². The van der Waals surface area contributed by atoms with Gasteiger partial charge < -0.3 is 5.11 Å². The molecule has 1 rings (SSSR count). The average Bonchev–Trinajstić information content (AvgIpc) is 2.15. The molecular weight excluding hydrogens is 173 g/mol. The second-order valence-electron chi connectivity index (χ2n) is 2.68. The summed E-state index contributed by atoms with van der Waals surface area (Å²) in [7, 11) is 0. The predicted octanol–water partition coefficient (Wildman–Crippen LogP) is 1.57. The van der Waals surface area contributed by atoms with E-state index in [2.05, 4.69) is 4.98 Å². The number of pyridine rings is 1. The lowest BCUT2D eigenvalue weighted by Crippen LogP contribution is -1.99. The van der Waals surface area contributed by atoms with Crippen molar-refractivity contribution in [1.82, 2.24) is 4.98 Å². The van der Waals surface area contributed by atoms with Gasteiger partial charge in [0.1, 0.15) is 6.67 Å². The maximum Gasteiger partial charge on any atom is 0.303 e. The van der Waals surface area contributed by atoms with Crippen LogP contribution in [0.4, 0.5) is 4.39 Å². The Labute approximate surface area is 75.2 Å². The topological polar surface area (TPSA) is 50.2 Å². The molecule has 0 aliphatic carbocycles. The minimum absolute atomic E-state index is 0.0305. The van der Waals surface area contributed by atoms with Gasteiger partial charge in [-0.05, 0) is 17.7 Å². The third-order valence-corrected chi connectivity index (χ3v) is 1.63. The Morgan fingerprint density at radius 1 is 1.62 bits per heavy atom. The summed E-state index contributed by atoms with van der Waals surface area (Å²) in [6.07, 6.45) is 1.87. The van der Waals surface area contributed by atoms with E-state index in [1.165, 1.54) is 6.20 Å². The van der Waals surface area contributed by atoms with Crippen molar-refractivity contribution in [3.63, 3.8) is 0 Å². The number of rotatable bonds is 4. The fourth-order valence-electron chi connectivity index (χ4n) is 0.983. The lowest BCUT2D eigenvalue weighted by molar-refractivity contribution is -0.136. The molecular formula is C9H10FNO2. The predicted molar refractivity (Wildman–Crippen MR) is 45.0 cm³/mol. The van der Waals surface area contributed by atoms with E-state index < -0.39 is 12.6 Å². The average molecular weight is 183 g/mol. The molecule has 0 aliphatic heterocycles. The summed E-state index contributed by atoms with van der Waals surface area (Å²) < 4.78 is 12.2. The van der Waals surface area contributed by atoms with Crippen molar-refractivity contribution in [2.45, 2.75) is 19.5 Å². The van der Waals surface area contributed by atoms with Gasteiger partial charge in [0.25, 0.3) is 0 Å². The van der Waals surface area contributed by atoms with Gasteiger partial charge in [0, 0.05) is 18.3 Å². The van der Waals surface area contributed by atoms with Gasteiger partial charge in [-0.2, -0.15) is 0 Å². The number of aryl methyl sites for hydroxylation is 1. The molecule has 0 bridgehead atoms. The number of nitrogens with zero attached hydrogens (tertiary/aromatic N) is 1. The number of hydrogen-bond acceptors (Lipinski definition) is 2. The molecule has 13 heavy (non-hydrogen) atoms. The Hall–Kier alpha value is -1.45. The molecule has 0 radical (unpaired) electrons. The van der Waals surface area contributed by atoms with E-state index in [9.17, 15) is 9.18 Å². The van der Waals surface area contributed by atoms with Crippen molar-refractivity contribution in [2.24, 2.45) is 0 Å². The number of aliphatic carboxylic acids is 1. The third-order valence-electron chi connectivity index (χ3n) is 1.63. The van der Waals surface area contributed by atoms with E-state index in [1.807, 2.05) is 0 Å². The van der Waals surface area contributed by atoms with Crippen molar-refractivity contribution in [2.75, 3.05) is 0 Å². The quantitative estimate of drug-likeness (QED) is 0.770. The Morgan fingerprint density at radius 3 is 3.00 bits per heavy atom. The molecule has 0 aromatic carbocycles. The number of hydrogen-bond donors (Lipinski definition) is 1. The largest absolute Gasteiger partial charge is 0.481 e. The van der Waals surface area contributed by atoms with Crippen LogP contribution < -0.4 is 0 Å². The number of aromatic nitrogens is 1. The highest BCUT2D eigenvalue weighted by molar-refractivity contribution is 5.66. The Balaban J connectivity index is 2.61. The molecule has 1 aromatic heterocycles. The van der Waals surface area contributed by atoms with E-state index in [0.29, 0.717) is 17.7 Å². The molecule has 0 amide bonds. The lowest BCUT2D eigenvalue weighted by atomic mass is 10.2. The molecule has 1 N–H and O–H groups in total. The first-order valence-electron chi connectivity index (χ1n) is 3.94. The zero-order valence-corrected chi connectivity index (χ0v) is 7.03. The summed E-state index contributed by atoms with van der Waals surface area (Å²) >= 11 is 0. The van der Waals surface area contributed by atoms with E-state index in [-0.39, 0.29) is 6.42 Å². The first-order chi connectivity index (χ1) is 6.22. The molecule has 0 saturated carbocycles. The zero-order valence-electron chi connectivity index (χ0n) is 7.03. The molecule has 0 fully saturated rings. The first kappa shape index (κ1) is 9.64.